The number of rotatable bonds is 4. The maximum absolute atomic E-state index is 11.2. The predicted octanol–water partition coefficient (Wildman–Crippen LogP) is 4.48. The van der Waals surface area contributed by atoms with Gasteiger partial charge in [-0.15, -0.1) is 0 Å². The van der Waals surface area contributed by atoms with Crippen molar-refractivity contribution in [3.63, 3.8) is 0 Å². The SMILES string of the molecule is Cc1cc(Br)cc([N+](=O)[O-])c1Oc1ccccc1C(C)N. The van der Waals surface area contributed by atoms with E-state index in [0.717, 1.165) is 5.56 Å². The summed E-state index contributed by atoms with van der Waals surface area (Å²) in [5.74, 6) is 0.761. The van der Waals surface area contributed by atoms with Crippen LogP contribution in [-0.2, 0) is 0 Å². The van der Waals surface area contributed by atoms with Crippen molar-refractivity contribution >= 4 is 21.6 Å². The first kappa shape index (κ1) is 15.5. The van der Waals surface area contributed by atoms with E-state index in [1.807, 2.05) is 19.1 Å². The third-order valence-corrected chi connectivity index (χ3v) is 3.50. The second-order valence-corrected chi connectivity index (χ2v) is 5.67. The van der Waals surface area contributed by atoms with Gasteiger partial charge in [0.25, 0.3) is 0 Å². The van der Waals surface area contributed by atoms with E-state index in [-0.39, 0.29) is 17.5 Å². The molecule has 21 heavy (non-hydrogen) atoms. The van der Waals surface area contributed by atoms with Crippen LogP contribution in [0.4, 0.5) is 5.69 Å². The van der Waals surface area contributed by atoms with E-state index in [9.17, 15) is 10.1 Å². The molecule has 0 bridgehead atoms. The minimum atomic E-state index is -0.457. The smallest absolute Gasteiger partial charge is 0.312 e. The number of nitrogens with zero attached hydrogens (tertiary/aromatic N) is 1. The topological polar surface area (TPSA) is 78.4 Å². The number of aryl methyl sites for hydroxylation is 1. The number of nitro benzene ring substituents is 1. The van der Waals surface area contributed by atoms with Crippen molar-refractivity contribution in [1.82, 2.24) is 0 Å². The van der Waals surface area contributed by atoms with Crippen LogP contribution in [0.3, 0.4) is 0 Å². The molecule has 0 radical (unpaired) electrons. The molecule has 0 aliphatic heterocycles. The Balaban J connectivity index is 2.52. The van der Waals surface area contributed by atoms with Crippen molar-refractivity contribution < 1.29 is 9.66 Å². The first-order chi connectivity index (χ1) is 9.90. The lowest BCUT2D eigenvalue weighted by atomic mass is 10.1. The highest BCUT2D eigenvalue weighted by Crippen LogP contribution is 2.38. The molecule has 2 aromatic carbocycles. The number of hydrogen-bond donors (Lipinski definition) is 1. The fraction of sp³-hybridized carbons (Fsp3) is 0.200. The van der Waals surface area contributed by atoms with E-state index < -0.39 is 4.92 Å². The van der Waals surface area contributed by atoms with Crippen LogP contribution in [0.5, 0.6) is 11.5 Å². The fourth-order valence-corrected chi connectivity index (χ4v) is 2.60. The standard InChI is InChI=1S/C15H15BrN2O3/c1-9-7-11(16)8-13(18(19)20)15(9)21-14-6-4-3-5-12(14)10(2)17/h3-8,10H,17H2,1-2H3. The van der Waals surface area contributed by atoms with E-state index in [4.69, 9.17) is 10.5 Å². The first-order valence-corrected chi connectivity index (χ1v) is 7.16. The summed E-state index contributed by atoms with van der Waals surface area (Å²) in [5, 5.41) is 11.2. The summed E-state index contributed by atoms with van der Waals surface area (Å²) < 4.78 is 6.44. The quantitative estimate of drug-likeness (QED) is 0.651. The van der Waals surface area contributed by atoms with Crippen molar-refractivity contribution in [3.05, 3.63) is 62.1 Å². The molecule has 2 N–H and O–H groups in total. The minimum Gasteiger partial charge on any atom is -0.449 e. The van der Waals surface area contributed by atoms with Crippen LogP contribution in [0.15, 0.2) is 40.9 Å². The number of benzene rings is 2. The average Bonchev–Trinajstić information content (AvgIpc) is 2.41. The number of ether oxygens (including phenoxy) is 1. The number of para-hydroxylation sites is 1. The van der Waals surface area contributed by atoms with Gasteiger partial charge in [0.2, 0.25) is 5.75 Å². The largest absolute Gasteiger partial charge is 0.449 e. The molecule has 6 heteroatoms. The molecule has 0 aliphatic rings. The summed E-state index contributed by atoms with van der Waals surface area (Å²) >= 11 is 3.26. The van der Waals surface area contributed by atoms with Crippen molar-refractivity contribution in [1.29, 1.82) is 0 Å². The molecular weight excluding hydrogens is 336 g/mol. The van der Waals surface area contributed by atoms with Gasteiger partial charge in [0, 0.05) is 22.1 Å². The molecule has 0 aliphatic carbocycles. The molecule has 0 amide bonds. The van der Waals surface area contributed by atoms with Crippen molar-refractivity contribution in [3.8, 4) is 11.5 Å². The molecule has 0 aromatic heterocycles. The van der Waals surface area contributed by atoms with E-state index >= 15 is 0 Å². The van der Waals surface area contributed by atoms with Gasteiger partial charge < -0.3 is 10.5 Å². The molecule has 0 saturated heterocycles. The summed E-state index contributed by atoms with van der Waals surface area (Å²) in [4.78, 5) is 10.8. The number of nitrogens with two attached hydrogens (primary N) is 1. The molecule has 5 nitrogen and oxygen atoms in total. The van der Waals surface area contributed by atoms with Crippen LogP contribution < -0.4 is 10.5 Å². The van der Waals surface area contributed by atoms with Crippen LogP contribution in [0, 0.1) is 17.0 Å². The maximum Gasteiger partial charge on any atom is 0.312 e. The summed E-state index contributed by atoms with van der Waals surface area (Å²) in [5.41, 5.74) is 7.30. The van der Waals surface area contributed by atoms with Crippen molar-refractivity contribution in [2.45, 2.75) is 19.9 Å². The van der Waals surface area contributed by atoms with Crippen LogP contribution >= 0.6 is 15.9 Å². The van der Waals surface area contributed by atoms with E-state index in [1.165, 1.54) is 6.07 Å². The van der Waals surface area contributed by atoms with Crippen LogP contribution in [0.1, 0.15) is 24.1 Å². The predicted molar refractivity (Wildman–Crippen MR) is 84.7 cm³/mol. The third-order valence-electron chi connectivity index (χ3n) is 3.04. The molecular formula is C15H15BrN2O3. The zero-order valence-corrected chi connectivity index (χ0v) is 13.3. The molecule has 1 atom stereocenters. The lowest BCUT2D eigenvalue weighted by molar-refractivity contribution is -0.385. The molecule has 110 valence electrons. The highest BCUT2D eigenvalue weighted by Gasteiger charge is 2.21. The van der Waals surface area contributed by atoms with Crippen LogP contribution in [0.2, 0.25) is 0 Å². The van der Waals surface area contributed by atoms with Crippen LogP contribution in [0.25, 0.3) is 0 Å². The summed E-state index contributed by atoms with van der Waals surface area (Å²) in [6.07, 6.45) is 0. The average molecular weight is 351 g/mol. The van der Waals surface area contributed by atoms with E-state index in [2.05, 4.69) is 15.9 Å². The Morgan fingerprint density at radius 3 is 2.62 bits per heavy atom. The monoisotopic (exact) mass is 350 g/mol. The molecule has 2 aromatic rings. The fourth-order valence-electron chi connectivity index (χ4n) is 2.04. The van der Waals surface area contributed by atoms with Gasteiger partial charge in [-0.05, 0) is 31.5 Å². The van der Waals surface area contributed by atoms with Crippen molar-refractivity contribution in [2.75, 3.05) is 0 Å². The summed E-state index contributed by atoms with van der Waals surface area (Å²) in [7, 11) is 0. The number of nitro groups is 1. The highest BCUT2D eigenvalue weighted by atomic mass is 79.9. The van der Waals surface area contributed by atoms with Gasteiger partial charge in [-0.1, -0.05) is 34.1 Å². The van der Waals surface area contributed by atoms with Gasteiger partial charge in [0.05, 0.1) is 4.92 Å². The Hall–Kier alpha value is -1.92. The number of halogens is 1. The molecule has 1 unspecified atom stereocenters. The Morgan fingerprint density at radius 1 is 1.33 bits per heavy atom. The summed E-state index contributed by atoms with van der Waals surface area (Å²) in [6.45, 7) is 3.60. The molecule has 0 saturated carbocycles. The Bertz CT molecular complexity index is 687. The van der Waals surface area contributed by atoms with Crippen LogP contribution in [-0.4, -0.2) is 4.92 Å². The van der Waals surface area contributed by atoms with E-state index in [1.54, 1.807) is 25.1 Å². The van der Waals surface area contributed by atoms with Gasteiger partial charge in [-0.2, -0.15) is 0 Å². The Labute approximate surface area is 131 Å². The third kappa shape index (κ3) is 3.40. The zero-order valence-electron chi connectivity index (χ0n) is 11.7. The second-order valence-electron chi connectivity index (χ2n) is 4.76. The van der Waals surface area contributed by atoms with Crippen molar-refractivity contribution in [2.24, 2.45) is 5.73 Å². The second kappa shape index (κ2) is 6.24. The molecule has 0 spiro atoms. The Morgan fingerprint density at radius 2 is 2.00 bits per heavy atom. The van der Waals surface area contributed by atoms with Gasteiger partial charge >= 0.3 is 5.69 Å². The number of hydrogen-bond acceptors (Lipinski definition) is 4. The molecule has 0 heterocycles. The van der Waals surface area contributed by atoms with Gasteiger partial charge in [-0.25, -0.2) is 0 Å². The van der Waals surface area contributed by atoms with Gasteiger partial charge in [0.1, 0.15) is 5.75 Å². The highest BCUT2D eigenvalue weighted by molar-refractivity contribution is 9.10. The Kier molecular flexibility index (Phi) is 4.59. The lowest BCUT2D eigenvalue weighted by Crippen LogP contribution is -2.07. The zero-order chi connectivity index (χ0) is 15.6. The van der Waals surface area contributed by atoms with Gasteiger partial charge in [-0.3, -0.25) is 10.1 Å². The lowest BCUT2D eigenvalue weighted by Gasteiger charge is -2.15. The van der Waals surface area contributed by atoms with E-state index in [0.29, 0.717) is 15.8 Å². The minimum absolute atomic E-state index is 0.0821. The normalized spacial score (nSPS) is 12.0. The van der Waals surface area contributed by atoms with Gasteiger partial charge in [0.15, 0.2) is 0 Å². The summed E-state index contributed by atoms with van der Waals surface area (Å²) in [6, 6.07) is 10.2. The molecule has 2 rings (SSSR count). The maximum atomic E-state index is 11.2. The first-order valence-electron chi connectivity index (χ1n) is 6.37. The molecule has 0 fully saturated rings.